The molecule has 25 heavy (non-hydrogen) atoms. The van der Waals surface area contributed by atoms with Gasteiger partial charge in [-0.25, -0.2) is 4.79 Å². The number of furan rings is 1. The average molecular weight is 338 g/mol. The van der Waals surface area contributed by atoms with Crippen molar-refractivity contribution in [3.63, 3.8) is 0 Å². The molecule has 130 valence electrons. The highest BCUT2D eigenvalue weighted by Gasteiger charge is 2.31. The van der Waals surface area contributed by atoms with E-state index in [1.54, 1.807) is 17.2 Å². The smallest absolute Gasteiger partial charge is 0.318 e. The van der Waals surface area contributed by atoms with Crippen LogP contribution in [0.2, 0.25) is 0 Å². The maximum absolute atomic E-state index is 12.6. The molecule has 0 aliphatic heterocycles. The minimum atomic E-state index is -0.192. The van der Waals surface area contributed by atoms with Gasteiger partial charge in [-0.2, -0.15) is 0 Å². The van der Waals surface area contributed by atoms with Crippen LogP contribution in [-0.4, -0.2) is 29.6 Å². The molecule has 1 heterocycles. The quantitative estimate of drug-likeness (QED) is 0.821. The summed E-state index contributed by atoms with van der Waals surface area (Å²) in [5.41, 5.74) is 0. The summed E-state index contributed by atoms with van der Waals surface area (Å²) in [6.45, 7) is 0.573. The van der Waals surface area contributed by atoms with E-state index < -0.39 is 0 Å². The predicted octanol–water partition coefficient (Wildman–Crippen LogP) is 3.42. The Morgan fingerprint density at radius 3 is 2.84 bits per heavy atom. The van der Waals surface area contributed by atoms with E-state index in [2.05, 4.69) is 11.2 Å². The molecule has 5 nitrogen and oxygen atoms in total. The van der Waals surface area contributed by atoms with Crippen molar-refractivity contribution in [3.8, 4) is 18.1 Å². The van der Waals surface area contributed by atoms with Crippen LogP contribution < -0.4 is 10.1 Å². The molecule has 1 saturated carbocycles. The van der Waals surface area contributed by atoms with Gasteiger partial charge in [0.15, 0.2) is 0 Å². The molecule has 0 saturated heterocycles. The van der Waals surface area contributed by atoms with Gasteiger partial charge in [0.1, 0.15) is 17.6 Å². The van der Waals surface area contributed by atoms with E-state index in [-0.39, 0.29) is 24.7 Å². The molecule has 1 aliphatic rings. The summed E-state index contributed by atoms with van der Waals surface area (Å²) in [4.78, 5) is 14.2. The third-order valence-corrected chi connectivity index (χ3v) is 4.29. The van der Waals surface area contributed by atoms with Gasteiger partial charge in [0.05, 0.1) is 25.4 Å². The topological polar surface area (TPSA) is 54.7 Å². The summed E-state index contributed by atoms with van der Waals surface area (Å²) >= 11 is 0. The maximum atomic E-state index is 12.6. The molecule has 3 rings (SSSR count). The fourth-order valence-electron chi connectivity index (χ4n) is 3.06. The number of terminal acetylenes is 1. The van der Waals surface area contributed by atoms with E-state index in [1.807, 2.05) is 36.4 Å². The van der Waals surface area contributed by atoms with Crippen molar-refractivity contribution in [1.82, 2.24) is 10.2 Å². The van der Waals surface area contributed by atoms with Gasteiger partial charge in [-0.15, -0.1) is 6.42 Å². The molecule has 2 unspecified atom stereocenters. The number of para-hydroxylation sites is 1. The van der Waals surface area contributed by atoms with Crippen LogP contribution in [0.3, 0.4) is 0 Å². The molecule has 0 radical (unpaired) electrons. The first-order valence-electron chi connectivity index (χ1n) is 8.49. The molecule has 0 bridgehead atoms. The Bertz CT molecular complexity index is 706. The van der Waals surface area contributed by atoms with Crippen molar-refractivity contribution < 1.29 is 13.9 Å². The Balaban J connectivity index is 1.60. The van der Waals surface area contributed by atoms with Crippen LogP contribution in [0.1, 0.15) is 25.0 Å². The van der Waals surface area contributed by atoms with E-state index in [9.17, 15) is 4.79 Å². The normalized spacial score (nSPS) is 19.2. The molecule has 1 aliphatic carbocycles. The monoisotopic (exact) mass is 338 g/mol. The van der Waals surface area contributed by atoms with Gasteiger partial charge < -0.3 is 19.4 Å². The van der Waals surface area contributed by atoms with Crippen molar-refractivity contribution >= 4 is 6.03 Å². The van der Waals surface area contributed by atoms with E-state index in [0.717, 1.165) is 25.0 Å². The zero-order valence-corrected chi connectivity index (χ0v) is 14.1. The van der Waals surface area contributed by atoms with Crippen LogP contribution in [0, 0.1) is 12.3 Å². The van der Waals surface area contributed by atoms with Gasteiger partial charge in [0, 0.05) is 0 Å². The van der Waals surface area contributed by atoms with E-state index in [1.165, 1.54) is 0 Å². The number of hydrogen-bond donors (Lipinski definition) is 1. The molecule has 2 amide bonds. The molecular formula is C20H22N2O3. The minimum absolute atomic E-state index is 0.0235. The second kappa shape index (κ2) is 8.29. The van der Waals surface area contributed by atoms with Crippen molar-refractivity contribution in [3.05, 3.63) is 54.5 Å². The first-order valence-corrected chi connectivity index (χ1v) is 8.49. The lowest BCUT2D eigenvalue weighted by molar-refractivity contribution is 0.158. The lowest BCUT2D eigenvalue weighted by Gasteiger charge is -2.26. The number of hydrogen-bond acceptors (Lipinski definition) is 3. The van der Waals surface area contributed by atoms with Crippen LogP contribution in [-0.2, 0) is 6.54 Å². The molecule has 1 aromatic heterocycles. The fraction of sp³-hybridized carbons (Fsp3) is 0.350. The average Bonchev–Trinajstić information content (AvgIpc) is 3.28. The lowest BCUT2D eigenvalue weighted by Crippen LogP contribution is -2.48. The molecule has 5 heteroatoms. The Labute approximate surface area is 148 Å². The maximum Gasteiger partial charge on any atom is 0.318 e. The van der Waals surface area contributed by atoms with E-state index in [4.69, 9.17) is 15.6 Å². The number of urea groups is 1. The molecule has 1 N–H and O–H groups in total. The summed E-state index contributed by atoms with van der Waals surface area (Å²) in [5, 5.41) is 3.07. The SMILES string of the molecule is C#CCN(Cc1ccco1)C(=O)NC1CCCC1Oc1ccccc1. The molecular weight excluding hydrogens is 316 g/mol. The summed E-state index contributed by atoms with van der Waals surface area (Å²) in [7, 11) is 0. The number of ether oxygens (including phenoxy) is 1. The highest BCUT2D eigenvalue weighted by Crippen LogP contribution is 2.25. The molecule has 2 aromatic rings. The number of amides is 2. The Morgan fingerprint density at radius 2 is 2.12 bits per heavy atom. The molecule has 0 spiro atoms. The van der Waals surface area contributed by atoms with Crippen LogP contribution in [0.5, 0.6) is 5.75 Å². The predicted molar refractivity (Wildman–Crippen MR) is 95.0 cm³/mol. The van der Waals surface area contributed by atoms with Gasteiger partial charge >= 0.3 is 6.03 Å². The standard InChI is InChI=1S/C20H22N2O3/c1-2-13-22(15-17-10-7-14-24-17)20(23)21-18-11-6-12-19(18)25-16-8-4-3-5-9-16/h1,3-5,7-10,14,18-19H,6,11-13,15H2,(H,21,23). The van der Waals surface area contributed by atoms with Gasteiger partial charge in [-0.05, 0) is 43.5 Å². The Hall–Kier alpha value is -2.87. The minimum Gasteiger partial charge on any atom is -0.488 e. The summed E-state index contributed by atoms with van der Waals surface area (Å²) in [5.74, 6) is 4.06. The van der Waals surface area contributed by atoms with Crippen LogP contribution in [0.4, 0.5) is 4.79 Å². The molecule has 1 aromatic carbocycles. The Morgan fingerprint density at radius 1 is 1.28 bits per heavy atom. The van der Waals surface area contributed by atoms with Gasteiger partial charge in [0.2, 0.25) is 0 Å². The lowest BCUT2D eigenvalue weighted by atomic mass is 10.2. The molecule has 1 fully saturated rings. The summed E-state index contributed by atoms with van der Waals surface area (Å²) in [6.07, 6.45) is 9.81. The zero-order chi connectivity index (χ0) is 17.5. The van der Waals surface area contributed by atoms with Gasteiger partial charge in [0.25, 0.3) is 0 Å². The van der Waals surface area contributed by atoms with Crippen molar-refractivity contribution in [1.29, 1.82) is 0 Å². The zero-order valence-electron chi connectivity index (χ0n) is 14.1. The summed E-state index contributed by atoms with van der Waals surface area (Å²) in [6, 6.07) is 13.1. The number of benzene rings is 1. The number of carbonyl (C=O) groups excluding carboxylic acids is 1. The second-order valence-corrected chi connectivity index (χ2v) is 6.10. The van der Waals surface area contributed by atoms with Crippen molar-refractivity contribution in [2.24, 2.45) is 0 Å². The molecule has 2 atom stereocenters. The number of carbonyl (C=O) groups is 1. The number of nitrogens with one attached hydrogen (secondary N) is 1. The van der Waals surface area contributed by atoms with Gasteiger partial charge in [-0.3, -0.25) is 0 Å². The second-order valence-electron chi connectivity index (χ2n) is 6.10. The largest absolute Gasteiger partial charge is 0.488 e. The Kier molecular flexibility index (Phi) is 5.63. The number of nitrogens with zero attached hydrogens (tertiary/aromatic N) is 1. The van der Waals surface area contributed by atoms with E-state index in [0.29, 0.717) is 12.3 Å². The summed E-state index contributed by atoms with van der Waals surface area (Å²) < 4.78 is 11.4. The van der Waals surface area contributed by atoms with E-state index >= 15 is 0 Å². The van der Waals surface area contributed by atoms with Crippen molar-refractivity contribution in [2.75, 3.05) is 6.54 Å². The van der Waals surface area contributed by atoms with Crippen LogP contribution in [0.25, 0.3) is 0 Å². The third-order valence-electron chi connectivity index (χ3n) is 4.29. The van der Waals surface area contributed by atoms with Crippen molar-refractivity contribution in [2.45, 2.75) is 38.0 Å². The van der Waals surface area contributed by atoms with Crippen LogP contribution >= 0.6 is 0 Å². The highest BCUT2D eigenvalue weighted by atomic mass is 16.5. The number of rotatable bonds is 6. The highest BCUT2D eigenvalue weighted by molar-refractivity contribution is 5.75. The first kappa shape index (κ1) is 17.0. The van der Waals surface area contributed by atoms with Gasteiger partial charge in [-0.1, -0.05) is 24.1 Å². The van der Waals surface area contributed by atoms with Crippen LogP contribution in [0.15, 0.2) is 53.1 Å². The first-order chi connectivity index (χ1) is 12.3. The fourth-order valence-corrected chi connectivity index (χ4v) is 3.06. The third kappa shape index (κ3) is 4.57.